The zero-order valence-corrected chi connectivity index (χ0v) is 17.0. The van der Waals surface area contributed by atoms with Crippen molar-refractivity contribution < 1.29 is 4.74 Å². The topological polar surface area (TPSA) is 25.4 Å². The molecule has 0 aliphatic rings. The largest absolute Gasteiger partial charge is 0.497 e. The number of methoxy groups -OCH3 is 1. The van der Waals surface area contributed by atoms with E-state index in [2.05, 4.69) is 64.3 Å². The number of rotatable bonds is 6. The minimum atomic E-state index is 0.359. The highest BCUT2D eigenvalue weighted by molar-refractivity contribution is 9.10. The summed E-state index contributed by atoms with van der Waals surface area (Å²) in [5.41, 5.74) is 3.27. The van der Waals surface area contributed by atoms with E-state index in [4.69, 9.17) is 9.72 Å². The first-order chi connectivity index (χ1) is 12.1. The van der Waals surface area contributed by atoms with Crippen molar-refractivity contribution in [1.82, 2.24) is 4.98 Å². The molecule has 2 aromatic carbocycles. The quantitative estimate of drug-likeness (QED) is 0.457. The van der Waals surface area contributed by atoms with Crippen LogP contribution in [0.1, 0.15) is 20.3 Å². The molecule has 0 spiro atoms. The molecule has 25 heavy (non-hydrogen) atoms. The van der Waals surface area contributed by atoms with E-state index in [1.165, 1.54) is 0 Å². The molecule has 0 N–H and O–H groups in total. The Bertz CT molecular complexity index is 814. The van der Waals surface area contributed by atoms with Crippen LogP contribution in [0, 0.1) is 0 Å². The zero-order valence-electron chi connectivity index (χ0n) is 14.6. The van der Waals surface area contributed by atoms with Crippen molar-refractivity contribution in [2.75, 3.05) is 12.0 Å². The minimum absolute atomic E-state index is 0.359. The van der Waals surface area contributed by atoms with Gasteiger partial charge in [0, 0.05) is 27.1 Å². The van der Waals surface area contributed by atoms with Gasteiger partial charge in [-0.1, -0.05) is 35.0 Å². The van der Waals surface area contributed by atoms with Gasteiger partial charge in [0.2, 0.25) is 0 Å². The van der Waals surface area contributed by atoms with Crippen molar-refractivity contribution >= 4 is 38.1 Å². The first-order valence-electron chi connectivity index (χ1n) is 8.27. The molecule has 0 aliphatic heterocycles. The van der Waals surface area contributed by atoms with Crippen LogP contribution in [0.15, 0.2) is 58.4 Å². The zero-order chi connectivity index (χ0) is 17.8. The van der Waals surface area contributed by atoms with Gasteiger partial charge in [0.25, 0.3) is 0 Å². The molecule has 1 heterocycles. The van der Waals surface area contributed by atoms with Gasteiger partial charge >= 0.3 is 0 Å². The van der Waals surface area contributed by atoms with Crippen LogP contribution < -0.4 is 9.64 Å². The second kappa shape index (κ2) is 8.02. The third-order valence-corrected chi connectivity index (χ3v) is 5.59. The van der Waals surface area contributed by atoms with E-state index in [1.807, 2.05) is 24.3 Å². The van der Waals surface area contributed by atoms with Crippen molar-refractivity contribution in [3.63, 3.8) is 0 Å². The Morgan fingerprint density at radius 3 is 2.40 bits per heavy atom. The monoisotopic (exact) mass is 416 g/mol. The lowest BCUT2D eigenvalue weighted by Crippen LogP contribution is -2.27. The number of halogens is 1. The number of thiazole rings is 1. The van der Waals surface area contributed by atoms with Crippen molar-refractivity contribution in [2.24, 2.45) is 0 Å². The number of hydrogen-bond acceptors (Lipinski definition) is 4. The highest BCUT2D eigenvalue weighted by Crippen LogP contribution is 2.35. The Kier molecular flexibility index (Phi) is 5.76. The molecular formula is C20H21BrN2OS. The maximum Gasteiger partial charge on any atom is 0.190 e. The van der Waals surface area contributed by atoms with Crippen molar-refractivity contribution in [1.29, 1.82) is 0 Å². The Morgan fingerprint density at radius 2 is 1.80 bits per heavy atom. The molecular weight excluding hydrogens is 396 g/mol. The molecule has 0 bridgehead atoms. The minimum Gasteiger partial charge on any atom is -0.497 e. The van der Waals surface area contributed by atoms with E-state index in [9.17, 15) is 0 Å². The van der Waals surface area contributed by atoms with Gasteiger partial charge in [-0.2, -0.15) is 0 Å². The van der Waals surface area contributed by atoms with Gasteiger partial charge in [-0.15, -0.1) is 11.3 Å². The first kappa shape index (κ1) is 18.0. The van der Waals surface area contributed by atoms with Gasteiger partial charge in [0.05, 0.1) is 12.8 Å². The van der Waals surface area contributed by atoms with Crippen LogP contribution in [0.5, 0.6) is 5.75 Å². The van der Waals surface area contributed by atoms with Crippen LogP contribution in [0.4, 0.5) is 10.8 Å². The summed E-state index contributed by atoms with van der Waals surface area (Å²) in [6, 6.07) is 16.8. The number of anilines is 2. The SMILES string of the molecule is CCC(C)N(c1ccc(OC)cc1)c1nc(-c2ccc(Br)cc2)cs1. The predicted molar refractivity (Wildman–Crippen MR) is 110 cm³/mol. The van der Waals surface area contributed by atoms with E-state index in [-0.39, 0.29) is 0 Å². The molecule has 1 aromatic heterocycles. The van der Waals surface area contributed by atoms with Gasteiger partial charge in [-0.25, -0.2) is 4.98 Å². The Hall–Kier alpha value is -1.85. The Morgan fingerprint density at radius 1 is 1.12 bits per heavy atom. The fraction of sp³-hybridized carbons (Fsp3) is 0.250. The molecule has 0 saturated heterocycles. The average Bonchev–Trinajstić information content (AvgIpc) is 3.12. The lowest BCUT2D eigenvalue weighted by molar-refractivity contribution is 0.415. The maximum atomic E-state index is 5.28. The maximum absolute atomic E-state index is 5.28. The Labute approximate surface area is 161 Å². The lowest BCUT2D eigenvalue weighted by Gasteiger charge is -2.28. The molecule has 0 saturated carbocycles. The van der Waals surface area contributed by atoms with Gasteiger partial charge in [-0.05, 0) is 49.7 Å². The number of ether oxygens (including phenoxy) is 1. The fourth-order valence-corrected chi connectivity index (χ4v) is 3.83. The van der Waals surface area contributed by atoms with Crippen LogP contribution in [0.2, 0.25) is 0 Å². The Balaban J connectivity index is 1.95. The van der Waals surface area contributed by atoms with Gasteiger partial charge < -0.3 is 9.64 Å². The van der Waals surface area contributed by atoms with Crippen LogP contribution >= 0.6 is 27.3 Å². The van der Waals surface area contributed by atoms with E-state index >= 15 is 0 Å². The summed E-state index contributed by atoms with van der Waals surface area (Å²) >= 11 is 5.16. The highest BCUT2D eigenvalue weighted by Gasteiger charge is 2.19. The second-order valence-corrected chi connectivity index (χ2v) is 7.60. The summed E-state index contributed by atoms with van der Waals surface area (Å²) in [6.45, 7) is 4.43. The van der Waals surface area contributed by atoms with Crippen molar-refractivity contribution in [2.45, 2.75) is 26.3 Å². The molecule has 5 heteroatoms. The molecule has 130 valence electrons. The third-order valence-electron chi connectivity index (χ3n) is 4.22. The molecule has 1 unspecified atom stereocenters. The lowest BCUT2D eigenvalue weighted by atomic mass is 10.2. The van der Waals surface area contributed by atoms with Gasteiger partial charge in [0.15, 0.2) is 5.13 Å². The molecule has 3 aromatic rings. The third kappa shape index (κ3) is 4.05. The normalized spacial score (nSPS) is 12.0. The number of nitrogens with zero attached hydrogens (tertiary/aromatic N) is 2. The first-order valence-corrected chi connectivity index (χ1v) is 9.94. The standard InChI is InChI=1S/C20H21BrN2OS/c1-4-14(2)23(17-9-11-18(24-3)12-10-17)20-22-19(13-25-20)15-5-7-16(21)8-6-15/h5-14H,4H2,1-3H3. The molecule has 1 atom stereocenters. The summed E-state index contributed by atoms with van der Waals surface area (Å²) in [4.78, 5) is 7.19. The summed E-state index contributed by atoms with van der Waals surface area (Å²) in [6.07, 6.45) is 1.04. The molecule has 0 fully saturated rings. The number of hydrogen-bond donors (Lipinski definition) is 0. The van der Waals surface area contributed by atoms with E-state index in [0.29, 0.717) is 6.04 Å². The summed E-state index contributed by atoms with van der Waals surface area (Å²) in [7, 11) is 1.69. The average molecular weight is 417 g/mol. The highest BCUT2D eigenvalue weighted by atomic mass is 79.9. The number of benzene rings is 2. The van der Waals surface area contributed by atoms with E-state index in [1.54, 1.807) is 18.4 Å². The van der Waals surface area contributed by atoms with Crippen LogP contribution in [0.25, 0.3) is 11.3 Å². The molecule has 0 aliphatic carbocycles. The fourth-order valence-electron chi connectivity index (χ4n) is 2.61. The predicted octanol–water partition coefficient (Wildman–Crippen LogP) is 6.52. The number of aromatic nitrogens is 1. The van der Waals surface area contributed by atoms with Crippen LogP contribution in [-0.4, -0.2) is 18.1 Å². The molecule has 3 rings (SSSR count). The van der Waals surface area contributed by atoms with Gasteiger partial charge in [-0.3, -0.25) is 0 Å². The smallest absolute Gasteiger partial charge is 0.190 e. The van der Waals surface area contributed by atoms with Crippen LogP contribution in [0.3, 0.4) is 0 Å². The summed E-state index contributed by atoms with van der Waals surface area (Å²) in [5, 5.41) is 3.13. The van der Waals surface area contributed by atoms with E-state index in [0.717, 1.165) is 38.7 Å². The summed E-state index contributed by atoms with van der Waals surface area (Å²) in [5.74, 6) is 0.863. The summed E-state index contributed by atoms with van der Waals surface area (Å²) < 4.78 is 6.35. The molecule has 3 nitrogen and oxygen atoms in total. The molecule has 0 radical (unpaired) electrons. The van der Waals surface area contributed by atoms with Gasteiger partial charge in [0.1, 0.15) is 5.75 Å². The van der Waals surface area contributed by atoms with Crippen LogP contribution in [-0.2, 0) is 0 Å². The van der Waals surface area contributed by atoms with E-state index < -0.39 is 0 Å². The second-order valence-electron chi connectivity index (χ2n) is 5.85. The molecule has 0 amide bonds. The van der Waals surface area contributed by atoms with Crippen molar-refractivity contribution in [3.05, 3.63) is 58.4 Å². The van der Waals surface area contributed by atoms with Crippen molar-refractivity contribution in [3.8, 4) is 17.0 Å².